The lowest BCUT2D eigenvalue weighted by molar-refractivity contribution is 0.122. The van der Waals surface area contributed by atoms with E-state index in [1.807, 2.05) is 42.6 Å². The Morgan fingerprint density at radius 3 is 2.85 bits per heavy atom. The highest BCUT2D eigenvalue weighted by atomic mass is 16.5. The van der Waals surface area contributed by atoms with Crippen LogP contribution in [0.15, 0.2) is 65.9 Å². The van der Waals surface area contributed by atoms with Gasteiger partial charge in [-0.05, 0) is 23.8 Å². The highest BCUT2D eigenvalue weighted by Gasteiger charge is 2.15. The molecular weight excluding hydrogens is 416 g/mol. The minimum atomic E-state index is 0.489. The summed E-state index contributed by atoms with van der Waals surface area (Å²) in [7, 11) is 0. The summed E-state index contributed by atoms with van der Waals surface area (Å²) in [4.78, 5) is 23.7. The molecule has 0 atom stereocenters. The number of nitrogens with zero attached hydrogens (tertiary/aromatic N) is 5. The third kappa shape index (κ3) is 5.35. The van der Waals surface area contributed by atoms with Crippen LogP contribution < -0.4 is 9.64 Å². The third-order valence-electron chi connectivity index (χ3n) is 5.52. The van der Waals surface area contributed by atoms with E-state index in [2.05, 4.69) is 37.0 Å². The number of aromatic nitrogens is 4. The maximum atomic E-state index is 5.98. The van der Waals surface area contributed by atoms with Gasteiger partial charge < -0.3 is 19.4 Å². The second-order valence-electron chi connectivity index (χ2n) is 7.77. The topological polar surface area (TPSA) is 88.5 Å². The predicted molar refractivity (Wildman–Crippen MR) is 128 cm³/mol. The van der Waals surface area contributed by atoms with Crippen LogP contribution in [-0.2, 0) is 17.7 Å². The number of para-hydroxylation sites is 1. The Kier molecular flexibility index (Phi) is 6.53. The first-order valence-corrected chi connectivity index (χ1v) is 11.1. The summed E-state index contributed by atoms with van der Waals surface area (Å²) in [5, 5.41) is 1.18. The van der Waals surface area contributed by atoms with Gasteiger partial charge in [0, 0.05) is 54.6 Å². The van der Waals surface area contributed by atoms with Crippen molar-refractivity contribution < 1.29 is 9.47 Å². The van der Waals surface area contributed by atoms with Gasteiger partial charge in [-0.25, -0.2) is 4.98 Å². The Morgan fingerprint density at radius 1 is 1.09 bits per heavy atom. The average Bonchev–Trinajstić information content (AvgIpc) is 3.28. The van der Waals surface area contributed by atoms with Gasteiger partial charge in [-0.2, -0.15) is 4.98 Å². The van der Waals surface area contributed by atoms with Gasteiger partial charge in [-0.15, -0.1) is 0 Å². The fourth-order valence-electron chi connectivity index (χ4n) is 3.81. The van der Waals surface area contributed by atoms with E-state index in [1.54, 1.807) is 12.4 Å². The number of aliphatic imine (C=N–C) groups is 1. The van der Waals surface area contributed by atoms with Crippen LogP contribution in [0.3, 0.4) is 0 Å². The average molecular weight is 443 g/mol. The molecule has 8 heteroatoms. The second-order valence-corrected chi connectivity index (χ2v) is 7.77. The molecule has 4 aromatic rings. The lowest BCUT2D eigenvalue weighted by Gasteiger charge is -2.28. The first-order valence-electron chi connectivity index (χ1n) is 11.1. The van der Waals surface area contributed by atoms with Crippen LogP contribution in [0.1, 0.15) is 17.1 Å². The van der Waals surface area contributed by atoms with E-state index >= 15 is 0 Å². The monoisotopic (exact) mass is 442 g/mol. The zero-order valence-corrected chi connectivity index (χ0v) is 18.4. The Labute approximate surface area is 192 Å². The number of ether oxygens (including phenoxy) is 2. The van der Waals surface area contributed by atoms with Gasteiger partial charge in [-0.3, -0.25) is 9.98 Å². The van der Waals surface area contributed by atoms with Gasteiger partial charge in [0.15, 0.2) is 5.82 Å². The molecule has 3 aromatic heterocycles. The van der Waals surface area contributed by atoms with Crippen LogP contribution in [0.2, 0.25) is 0 Å². The number of hydrogen-bond donors (Lipinski definition) is 1. The highest BCUT2D eigenvalue weighted by Crippen LogP contribution is 2.20. The minimum absolute atomic E-state index is 0.489. The van der Waals surface area contributed by atoms with Crippen molar-refractivity contribution in [2.75, 3.05) is 37.8 Å². The molecule has 4 heterocycles. The van der Waals surface area contributed by atoms with E-state index in [4.69, 9.17) is 14.5 Å². The fourth-order valence-corrected chi connectivity index (χ4v) is 3.81. The summed E-state index contributed by atoms with van der Waals surface area (Å²) in [5.41, 5.74) is 3.23. The number of hydrogen-bond acceptors (Lipinski definition) is 7. The van der Waals surface area contributed by atoms with Gasteiger partial charge in [0.2, 0.25) is 5.88 Å². The number of morpholine rings is 1. The third-order valence-corrected chi connectivity index (χ3v) is 5.52. The van der Waals surface area contributed by atoms with Crippen molar-refractivity contribution in [3.8, 4) is 5.88 Å². The number of aromatic amines is 1. The van der Waals surface area contributed by atoms with Crippen molar-refractivity contribution in [1.82, 2.24) is 19.9 Å². The molecule has 1 N–H and O–H groups in total. The fraction of sp³-hybridized carbons (Fsp3) is 0.280. The van der Waals surface area contributed by atoms with Gasteiger partial charge in [0.05, 0.1) is 32.6 Å². The van der Waals surface area contributed by atoms with Crippen LogP contribution in [0.5, 0.6) is 5.88 Å². The SMILES string of the molecule is C(=NCc1c[nH]c2ccccc12)c1nc(OCCc2ccccn2)cc(N2CCOCC2)n1. The first-order chi connectivity index (χ1) is 16.3. The molecule has 0 radical (unpaired) electrons. The summed E-state index contributed by atoms with van der Waals surface area (Å²) in [6, 6.07) is 16.0. The first kappa shape index (κ1) is 21.1. The Bertz CT molecular complexity index is 1220. The van der Waals surface area contributed by atoms with Crippen LogP contribution >= 0.6 is 0 Å². The number of H-pyrrole nitrogens is 1. The molecule has 8 nitrogen and oxygen atoms in total. The molecule has 1 aromatic carbocycles. The van der Waals surface area contributed by atoms with E-state index in [0.29, 0.717) is 44.5 Å². The number of benzene rings is 1. The number of anilines is 1. The minimum Gasteiger partial charge on any atom is -0.477 e. The van der Waals surface area contributed by atoms with Crippen molar-refractivity contribution in [3.63, 3.8) is 0 Å². The summed E-state index contributed by atoms with van der Waals surface area (Å²) < 4.78 is 11.5. The Hall–Kier alpha value is -3.78. The van der Waals surface area contributed by atoms with E-state index in [-0.39, 0.29) is 0 Å². The molecule has 0 amide bonds. The van der Waals surface area contributed by atoms with Crippen molar-refractivity contribution in [2.24, 2.45) is 4.99 Å². The van der Waals surface area contributed by atoms with E-state index in [9.17, 15) is 0 Å². The van der Waals surface area contributed by atoms with Gasteiger partial charge >= 0.3 is 0 Å². The lowest BCUT2D eigenvalue weighted by Crippen LogP contribution is -2.37. The summed E-state index contributed by atoms with van der Waals surface area (Å²) in [6.45, 7) is 3.98. The van der Waals surface area contributed by atoms with Crippen molar-refractivity contribution in [2.45, 2.75) is 13.0 Å². The van der Waals surface area contributed by atoms with Crippen molar-refractivity contribution in [1.29, 1.82) is 0 Å². The zero-order chi connectivity index (χ0) is 22.3. The van der Waals surface area contributed by atoms with Crippen LogP contribution in [0.25, 0.3) is 10.9 Å². The number of rotatable bonds is 8. The molecule has 5 rings (SSSR count). The van der Waals surface area contributed by atoms with Gasteiger partial charge in [-0.1, -0.05) is 24.3 Å². The van der Waals surface area contributed by atoms with E-state index in [1.165, 1.54) is 5.39 Å². The zero-order valence-electron chi connectivity index (χ0n) is 18.4. The largest absolute Gasteiger partial charge is 0.477 e. The molecular formula is C25H26N6O2. The lowest BCUT2D eigenvalue weighted by atomic mass is 10.2. The Balaban J connectivity index is 1.32. The number of pyridine rings is 1. The van der Waals surface area contributed by atoms with Crippen LogP contribution in [-0.4, -0.2) is 59.1 Å². The summed E-state index contributed by atoms with van der Waals surface area (Å²) in [5.74, 6) is 1.90. The second kappa shape index (κ2) is 10.2. The predicted octanol–water partition coefficient (Wildman–Crippen LogP) is 3.43. The molecule has 0 unspecified atom stereocenters. The normalized spacial score (nSPS) is 14.2. The van der Waals surface area contributed by atoms with Gasteiger partial charge in [0.25, 0.3) is 0 Å². The van der Waals surface area contributed by atoms with E-state index < -0.39 is 0 Å². The molecule has 168 valence electrons. The van der Waals surface area contributed by atoms with Crippen LogP contribution in [0, 0.1) is 0 Å². The molecule has 0 aliphatic carbocycles. The summed E-state index contributed by atoms with van der Waals surface area (Å²) in [6.07, 6.45) is 6.22. The standard InChI is InChI=1S/C25H26N6O2/c1-2-7-22-21(6-1)19(17-28-22)16-26-18-23-29-24(31-10-13-32-14-11-31)15-25(30-23)33-12-8-20-5-3-4-9-27-20/h1-7,9,15,17-18,28H,8,10-14,16H2. The molecule has 1 saturated heterocycles. The van der Waals surface area contributed by atoms with E-state index in [0.717, 1.165) is 35.7 Å². The quantitative estimate of drug-likeness (QED) is 0.421. The van der Waals surface area contributed by atoms with Gasteiger partial charge in [0.1, 0.15) is 5.82 Å². The molecule has 33 heavy (non-hydrogen) atoms. The summed E-state index contributed by atoms with van der Waals surface area (Å²) >= 11 is 0. The molecule has 1 aliphatic rings. The maximum Gasteiger partial charge on any atom is 0.219 e. The molecule has 1 fully saturated rings. The van der Waals surface area contributed by atoms with Crippen LogP contribution in [0.4, 0.5) is 5.82 Å². The molecule has 0 saturated carbocycles. The molecule has 0 bridgehead atoms. The molecule has 1 aliphatic heterocycles. The highest BCUT2D eigenvalue weighted by molar-refractivity contribution is 5.83. The van der Waals surface area contributed by atoms with Crippen molar-refractivity contribution >= 4 is 22.9 Å². The smallest absolute Gasteiger partial charge is 0.219 e. The maximum absolute atomic E-state index is 5.98. The number of nitrogens with one attached hydrogen (secondary N) is 1. The molecule has 0 spiro atoms. The Morgan fingerprint density at radius 2 is 1.97 bits per heavy atom. The number of fused-ring (bicyclic) bond motifs is 1. The van der Waals surface area contributed by atoms with Crippen molar-refractivity contribution in [3.05, 3.63) is 78.0 Å².